The molecule has 7 nitrogen and oxygen atoms in total. The molecule has 2 aromatic carbocycles. The molecule has 2 heterocycles. The number of anilines is 2. The minimum Gasteiger partial charge on any atom is -0.497 e. The summed E-state index contributed by atoms with van der Waals surface area (Å²) in [7, 11) is 3.25. The van der Waals surface area contributed by atoms with Gasteiger partial charge in [-0.3, -0.25) is 5.32 Å². The SMILES string of the molecule is COc1cccc(-c2nnc(Nc3nc4ccc(OC)cc4s3)o2)c1. The second-order valence-corrected chi connectivity index (χ2v) is 6.15. The number of nitrogens with zero attached hydrogens (tertiary/aromatic N) is 3. The van der Waals surface area contributed by atoms with Crippen LogP contribution in [-0.4, -0.2) is 29.4 Å². The van der Waals surface area contributed by atoms with Crippen molar-refractivity contribution < 1.29 is 13.9 Å². The van der Waals surface area contributed by atoms with E-state index in [1.807, 2.05) is 42.5 Å². The maximum Gasteiger partial charge on any atom is 0.322 e. The minimum atomic E-state index is 0.281. The van der Waals surface area contributed by atoms with Crippen molar-refractivity contribution in [2.45, 2.75) is 0 Å². The number of methoxy groups -OCH3 is 2. The minimum absolute atomic E-state index is 0.281. The third-order valence-electron chi connectivity index (χ3n) is 3.55. The summed E-state index contributed by atoms with van der Waals surface area (Å²) in [6.07, 6.45) is 0. The van der Waals surface area contributed by atoms with Gasteiger partial charge in [-0.2, -0.15) is 0 Å². The number of ether oxygens (including phenoxy) is 2. The Hall–Kier alpha value is -3.13. The molecule has 0 unspecified atom stereocenters. The first kappa shape index (κ1) is 15.4. The van der Waals surface area contributed by atoms with E-state index >= 15 is 0 Å². The quantitative estimate of drug-likeness (QED) is 0.577. The molecule has 4 aromatic rings. The maximum absolute atomic E-state index is 5.67. The molecule has 0 amide bonds. The number of benzene rings is 2. The van der Waals surface area contributed by atoms with E-state index in [2.05, 4.69) is 20.5 Å². The molecule has 25 heavy (non-hydrogen) atoms. The number of nitrogens with one attached hydrogen (secondary N) is 1. The van der Waals surface area contributed by atoms with Crippen molar-refractivity contribution in [3.8, 4) is 23.0 Å². The first-order valence-corrected chi connectivity index (χ1v) is 8.26. The van der Waals surface area contributed by atoms with Crippen molar-refractivity contribution >= 4 is 32.7 Å². The van der Waals surface area contributed by atoms with Gasteiger partial charge in [-0.25, -0.2) is 4.98 Å². The van der Waals surface area contributed by atoms with Gasteiger partial charge in [0, 0.05) is 5.56 Å². The fourth-order valence-electron chi connectivity index (χ4n) is 2.32. The van der Waals surface area contributed by atoms with Gasteiger partial charge in [-0.1, -0.05) is 22.5 Å². The highest BCUT2D eigenvalue weighted by molar-refractivity contribution is 7.22. The normalized spacial score (nSPS) is 10.8. The van der Waals surface area contributed by atoms with Crippen molar-refractivity contribution in [3.05, 3.63) is 42.5 Å². The Kier molecular flexibility index (Phi) is 3.95. The van der Waals surface area contributed by atoms with Crippen molar-refractivity contribution in [2.24, 2.45) is 0 Å². The van der Waals surface area contributed by atoms with Gasteiger partial charge in [0.1, 0.15) is 11.5 Å². The molecular weight excluding hydrogens is 340 g/mol. The van der Waals surface area contributed by atoms with Gasteiger partial charge < -0.3 is 13.9 Å². The highest BCUT2D eigenvalue weighted by Crippen LogP contribution is 2.31. The molecule has 0 radical (unpaired) electrons. The summed E-state index contributed by atoms with van der Waals surface area (Å²) in [5, 5.41) is 11.8. The zero-order chi connectivity index (χ0) is 17.2. The second kappa shape index (κ2) is 6.40. The summed E-state index contributed by atoms with van der Waals surface area (Å²) in [5.41, 5.74) is 1.66. The lowest BCUT2D eigenvalue weighted by Gasteiger charge is -2.00. The van der Waals surface area contributed by atoms with E-state index in [9.17, 15) is 0 Å². The van der Waals surface area contributed by atoms with Crippen LogP contribution in [0.15, 0.2) is 46.9 Å². The van der Waals surface area contributed by atoms with Crippen LogP contribution in [0.1, 0.15) is 0 Å². The zero-order valence-electron chi connectivity index (χ0n) is 13.5. The second-order valence-electron chi connectivity index (χ2n) is 5.12. The summed E-state index contributed by atoms with van der Waals surface area (Å²) in [4.78, 5) is 4.50. The van der Waals surface area contributed by atoms with Crippen LogP contribution in [0.4, 0.5) is 11.1 Å². The fraction of sp³-hybridized carbons (Fsp3) is 0.118. The maximum atomic E-state index is 5.67. The summed E-state index contributed by atoms with van der Waals surface area (Å²) in [6.45, 7) is 0. The average molecular weight is 354 g/mol. The molecule has 0 fully saturated rings. The molecule has 0 atom stereocenters. The van der Waals surface area contributed by atoms with E-state index in [1.165, 1.54) is 11.3 Å². The molecule has 0 aliphatic rings. The van der Waals surface area contributed by atoms with Crippen LogP contribution in [0.25, 0.3) is 21.7 Å². The number of aromatic nitrogens is 3. The predicted octanol–water partition coefficient (Wildman–Crippen LogP) is 4.11. The van der Waals surface area contributed by atoms with Gasteiger partial charge in [0.25, 0.3) is 0 Å². The van der Waals surface area contributed by atoms with Crippen LogP contribution >= 0.6 is 11.3 Å². The monoisotopic (exact) mass is 354 g/mol. The van der Waals surface area contributed by atoms with E-state index in [1.54, 1.807) is 14.2 Å². The first-order valence-electron chi connectivity index (χ1n) is 7.45. The molecule has 0 aliphatic heterocycles. The highest BCUT2D eigenvalue weighted by atomic mass is 32.1. The standard InChI is InChI=1S/C17H14N4O3S/c1-22-11-5-3-4-10(8-11)15-20-21-16(24-15)19-17-18-13-7-6-12(23-2)9-14(13)25-17/h3-9H,1-2H3,(H,18,19,21). The largest absolute Gasteiger partial charge is 0.497 e. The molecule has 0 saturated heterocycles. The molecule has 2 aromatic heterocycles. The molecule has 0 aliphatic carbocycles. The van der Waals surface area contributed by atoms with E-state index < -0.39 is 0 Å². The Morgan fingerprint density at radius 2 is 1.84 bits per heavy atom. The van der Waals surface area contributed by atoms with Gasteiger partial charge in [-0.15, -0.1) is 5.10 Å². The average Bonchev–Trinajstić information content (AvgIpc) is 3.27. The van der Waals surface area contributed by atoms with Crippen molar-refractivity contribution in [2.75, 3.05) is 19.5 Å². The molecule has 8 heteroatoms. The summed E-state index contributed by atoms with van der Waals surface area (Å²) >= 11 is 1.48. The van der Waals surface area contributed by atoms with Crippen molar-refractivity contribution in [3.63, 3.8) is 0 Å². The predicted molar refractivity (Wildman–Crippen MR) is 95.7 cm³/mol. The number of hydrogen-bond donors (Lipinski definition) is 1. The van der Waals surface area contributed by atoms with Crippen LogP contribution in [0, 0.1) is 0 Å². The Labute approximate surface area is 147 Å². The smallest absolute Gasteiger partial charge is 0.322 e. The number of hydrogen-bond acceptors (Lipinski definition) is 8. The van der Waals surface area contributed by atoms with Crippen LogP contribution in [0.3, 0.4) is 0 Å². The number of thiazole rings is 1. The summed E-state index contributed by atoms with van der Waals surface area (Å²) < 4.78 is 17.1. The molecule has 1 N–H and O–H groups in total. The molecule has 4 rings (SSSR count). The van der Waals surface area contributed by atoms with Crippen LogP contribution in [-0.2, 0) is 0 Å². The van der Waals surface area contributed by atoms with Crippen LogP contribution in [0.2, 0.25) is 0 Å². The van der Waals surface area contributed by atoms with Gasteiger partial charge in [0.05, 0.1) is 24.4 Å². The molecule has 0 saturated carbocycles. The van der Waals surface area contributed by atoms with Gasteiger partial charge in [0.15, 0.2) is 5.13 Å². The van der Waals surface area contributed by atoms with Crippen molar-refractivity contribution in [1.82, 2.24) is 15.2 Å². The lowest BCUT2D eigenvalue weighted by molar-refractivity contribution is 0.415. The van der Waals surface area contributed by atoms with Gasteiger partial charge in [0.2, 0.25) is 5.89 Å². The summed E-state index contributed by atoms with van der Waals surface area (Å²) in [5.74, 6) is 1.93. The Morgan fingerprint density at radius 1 is 1.00 bits per heavy atom. The topological polar surface area (TPSA) is 82.3 Å². The molecular formula is C17H14N4O3S. The lowest BCUT2D eigenvalue weighted by Crippen LogP contribution is -1.88. The van der Waals surface area contributed by atoms with Crippen LogP contribution < -0.4 is 14.8 Å². The third kappa shape index (κ3) is 3.11. The lowest BCUT2D eigenvalue weighted by atomic mass is 10.2. The Morgan fingerprint density at radius 3 is 2.68 bits per heavy atom. The Balaban J connectivity index is 1.58. The molecule has 0 bridgehead atoms. The van der Waals surface area contributed by atoms with Gasteiger partial charge in [-0.05, 0) is 36.4 Å². The number of rotatable bonds is 5. The fourth-order valence-corrected chi connectivity index (χ4v) is 3.21. The number of fused-ring (bicyclic) bond motifs is 1. The third-order valence-corrected chi connectivity index (χ3v) is 4.48. The van der Waals surface area contributed by atoms with E-state index in [0.29, 0.717) is 11.0 Å². The zero-order valence-corrected chi connectivity index (χ0v) is 14.3. The molecule has 126 valence electrons. The van der Waals surface area contributed by atoms with Crippen LogP contribution in [0.5, 0.6) is 11.5 Å². The summed E-state index contributed by atoms with van der Waals surface area (Å²) in [6, 6.07) is 13.4. The Bertz CT molecular complexity index is 1030. The van der Waals surface area contributed by atoms with Gasteiger partial charge >= 0.3 is 6.01 Å². The highest BCUT2D eigenvalue weighted by Gasteiger charge is 2.12. The van der Waals surface area contributed by atoms with E-state index in [0.717, 1.165) is 27.3 Å². The van der Waals surface area contributed by atoms with E-state index in [-0.39, 0.29) is 6.01 Å². The van der Waals surface area contributed by atoms with Crippen molar-refractivity contribution in [1.29, 1.82) is 0 Å². The van der Waals surface area contributed by atoms with E-state index in [4.69, 9.17) is 13.9 Å². The first-order chi connectivity index (χ1) is 12.2. The molecule has 0 spiro atoms.